The maximum absolute atomic E-state index is 12.8. The molecule has 27 heavy (non-hydrogen) atoms. The molecule has 0 unspecified atom stereocenters. The quantitative estimate of drug-likeness (QED) is 0.730. The first-order valence-corrected chi connectivity index (χ1v) is 9.04. The van der Waals surface area contributed by atoms with E-state index < -0.39 is 0 Å². The number of aromatic nitrogens is 4. The van der Waals surface area contributed by atoms with Gasteiger partial charge in [0.25, 0.3) is 11.5 Å². The molecule has 4 heterocycles. The van der Waals surface area contributed by atoms with Crippen molar-refractivity contribution in [3.8, 4) is 0 Å². The van der Waals surface area contributed by atoms with E-state index in [4.69, 9.17) is 0 Å². The molecular formula is C19H22N6O2. The van der Waals surface area contributed by atoms with E-state index in [9.17, 15) is 9.59 Å². The van der Waals surface area contributed by atoms with Gasteiger partial charge in [-0.2, -0.15) is 0 Å². The zero-order valence-corrected chi connectivity index (χ0v) is 15.4. The summed E-state index contributed by atoms with van der Waals surface area (Å²) < 4.78 is 1.44. The number of anilines is 1. The molecular weight excluding hydrogens is 344 g/mol. The molecule has 0 radical (unpaired) electrons. The number of rotatable bonds is 3. The van der Waals surface area contributed by atoms with Crippen LogP contribution in [0.4, 0.5) is 5.95 Å². The van der Waals surface area contributed by atoms with Crippen molar-refractivity contribution in [1.82, 2.24) is 24.8 Å². The number of carbonyl (C=O) groups excluding carboxylic acids is 1. The van der Waals surface area contributed by atoms with Gasteiger partial charge in [0.2, 0.25) is 5.95 Å². The number of nitrogens with one attached hydrogen (secondary N) is 2. The lowest BCUT2D eigenvalue weighted by Gasteiger charge is -2.32. The molecule has 2 N–H and O–H groups in total. The molecule has 0 aliphatic carbocycles. The third-order valence-corrected chi connectivity index (χ3v) is 5.02. The maximum atomic E-state index is 12.8. The van der Waals surface area contributed by atoms with Crippen LogP contribution in [0, 0.1) is 6.92 Å². The van der Waals surface area contributed by atoms with Gasteiger partial charge in [0.05, 0.1) is 5.56 Å². The zero-order valence-electron chi connectivity index (χ0n) is 15.4. The third kappa shape index (κ3) is 3.30. The molecule has 0 aromatic carbocycles. The van der Waals surface area contributed by atoms with Crippen LogP contribution in [0.3, 0.4) is 0 Å². The van der Waals surface area contributed by atoms with E-state index >= 15 is 0 Å². The molecule has 4 rings (SSSR count). The van der Waals surface area contributed by atoms with Crippen molar-refractivity contribution < 1.29 is 4.79 Å². The second kappa shape index (κ2) is 6.86. The Morgan fingerprint density at radius 3 is 2.67 bits per heavy atom. The van der Waals surface area contributed by atoms with Crippen molar-refractivity contribution in [1.29, 1.82) is 0 Å². The highest BCUT2D eigenvalue weighted by molar-refractivity contribution is 6.06. The Kier molecular flexibility index (Phi) is 4.39. The van der Waals surface area contributed by atoms with E-state index in [-0.39, 0.29) is 17.5 Å². The summed E-state index contributed by atoms with van der Waals surface area (Å²) in [6.07, 6.45) is 8.57. The van der Waals surface area contributed by atoms with Crippen LogP contribution < -0.4 is 15.8 Å². The molecule has 1 fully saturated rings. The SMILES string of the molecule is Cc1cnc(N2CCC(NC(=O)c3cn(C)c(=O)c4[nH]ccc34)CC2)nc1. The Bertz CT molecular complexity index is 1030. The monoisotopic (exact) mass is 366 g/mol. The number of nitrogens with zero attached hydrogens (tertiary/aromatic N) is 4. The fraction of sp³-hybridized carbons (Fsp3) is 0.368. The third-order valence-electron chi connectivity index (χ3n) is 5.02. The number of aromatic amines is 1. The number of pyridine rings is 1. The average molecular weight is 366 g/mol. The number of hydrogen-bond acceptors (Lipinski definition) is 5. The number of piperidine rings is 1. The second-order valence-corrected chi connectivity index (χ2v) is 7.02. The van der Waals surface area contributed by atoms with Crippen molar-refractivity contribution in [2.75, 3.05) is 18.0 Å². The van der Waals surface area contributed by atoms with Crippen LogP contribution >= 0.6 is 0 Å². The molecule has 8 nitrogen and oxygen atoms in total. The number of fused-ring (bicyclic) bond motifs is 1. The predicted octanol–water partition coefficient (Wildman–Crippen LogP) is 1.36. The number of amides is 1. The lowest BCUT2D eigenvalue weighted by atomic mass is 10.0. The lowest BCUT2D eigenvalue weighted by Crippen LogP contribution is -2.45. The number of carbonyl (C=O) groups is 1. The van der Waals surface area contributed by atoms with Crippen molar-refractivity contribution in [2.45, 2.75) is 25.8 Å². The van der Waals surface area contributed by atoms with Crippen LogP contribution in [0.25, 0.3) is 10.9 Å². The Balaban J connectivity index is 1.44. The van der Waals surface area contributed by atoms with Crippen molar-refractivity contribution in [3.05, 3.63) is 52.3 Å². The minimum atomic E-state index is -0.153. The first kappa shape index (κ1) is 17.3. The summed E-state index contributed by atoms with van der Waals surface area (Å²) in [4.78, 5) is 38.7. The van der Waals surface area contributed by atoms with E-state index in [2.05, 4.69) is 25.2 Å². The van der Waals surface area contributed by atoms with E-state index in [1.807, 2.05) is 19.3 Å². The highest BCUT2D eigenvalue weighted by atomic mass is 16.2. The summed E-state index contributed by atoms with van der Waals surface area (Å²) in [6.45, 7) is 3.55. The van der Waals surface area contributed by atoms with Gasteiger partial charge in [-0.25, -0.2) is 9.97 Å². The van der Waals surface area contributed by atoms with E-state index in [0.29, 0.717) is 16.5 Å². The van der Waals surface area contributed by atoms with Crippen LogP contribution in [-0.4, -0.2) is 44.6 Å². The van der Waals surface area contributed by atoms with Gasteiger partial charge in [-0.3, -0.25) is 9.59 Å². The molecule has 0 saturated carbocycles. The molecule has 0 bridgehead atoms. The van der Waals surface area contributed by atoms with E-state index in [1.54, 1.807) is 25.5 Å². The molecule has 3 aromatic heterocycles. The van der Waals surface area contributed by atoms with Gasteiger partial charge in [-0.1, -0.05) is 0 Å². The van der Waals surface area contributed by atoms with Gasteiger partial charge in [0.15, 0.2) is 0 Å². The van der Waals surface area contributed by atoms with Crippen molar-refractivity contribution in [3.63, 3.8) is 0 Å². The summed E-state index contributed by atoms with van der Waals surface area (Å²) in [6, 6.07) is 1.86. The number of hydrogen-bond donors (Lipinski definition) is 2. The van der Waals surface area contributed by atoms with Crippen LogP contribution in [0.1, 0.15) is 28.8 Å². The Hall–Kier alpha value is -3.16. The highest BCUT2D eigenvalue weighted by Gasteiger charge is 2.24. The van der Waals surface area contributed by atoms with Gasteiger partial charge in [0, 0.05) is 56.4 Å². The van der Waals surface area contributed by atoms with Gasteiger partial charge in [0.1, 0.15) is 5.52 Å². The first-order valence-electron chi connectivity index (χ1n) is 9.04. The van der Waals surface area contributed by atoms with Gasteiger partial charge in [-0.05, 0) is 31.4 Å². The molecule has 0 spiro atoms. The summed E-state index contributed by atoms with van der Waals surface area (Å²) in [7, 11) is 1.65. The molecule has 0 atom stereocenters. The fourth-order valence-corrected chi connectivity index (χ4v) is 3.49. The number of H-pyrrole nitrogens is 1. The molecule has 1 amide bonds. The van der Waals surface area contributed by atoms with Crippen molar-refractivity contribution >= 4 is 22.8 Å². The summed E-state index contributed by atoms with van der Waals surface area (Å²) in [5.74, 6) is 0.581. The average Bonchev–Trinajstić information content (AvgIpc) is 3.16. The summed E-state index contributed by atoms with van der Waals surface area (Å²) in [5, 5.41) is 3.76. The maximum Gasteiger partial charge on any atom is 0.274 e. The van der Waals surface area contributed by atoms with Gasteiger partial charge >= 0.3 is 0 Å². The fourth-order valence-electron chi connectivity index (χ4n) is 3.49. The highest BCUT2D eigenvalue weighted by Crippen LogP contribution is 2.18. The lowest BCUT2D eigenvalue weighted by molar-refractivity contribution is 0.0932. The van der Waals surface area contributed by atoms with Crippen LogP contribution in [-0.2, 0) is 7.05 Å². The Morgan fingerprint density at radius 2 is 1.96 bits per heavy atom. The van der Waals surface area contributed by atoms with Crippen molar-refractivity contribution in [2.24, 2.45) is 7.05 Å². The van der Waals surface area contributed by atoms with Crippen LogP contribution in [0.15, 0.2) is 35.6 Å². The summed E-state index contributed by atoms with van der Waals surface area (Å²) >= 11 is 0. The van der Waals surface area contributed by atoms with E-state index in [1.165, 1.54) is 4.57 Å². The topological polar surface area (TPSA) is 95.9 Å². The molecule has 1 aliphatic heterocycles. The smallest absolute Gasteiger partial charge is 0.274 e. The molecule has 1 aliphatic rings. The summed E-state index contributed by atoms with van der Waals surface area (Å²) in [5.41, 5.74) is 1.86. The van der Waals surface area contributed by atoms with Crippen LogP contribution in [0.5, 0.6) is 0 Å². The molecule has 3 aromatic rings. The minimum absolute atomic E-state index is 0.0884. The molecule has 1 saturated heterocycles. The normalized spacial score (nSPS) is 15.3. The largest absolute Gasteiger partial charge is 0.357 e. The minimum Gasteiger partial charge on any atom is -0.357 e. The Labute approximate surface area is 156 Å². The molecule has 140 valence electrons. The number of aryl methyl sites for hydroxylation is 2. The van der Waals surface area contributed by atoms with E-state index in [0.717, 1.165) is 37.4 Å². The van der Waals surface area contributed by atoms with Gasteiger partial charge < -0.3 is 19.8 Å². The Morgan fingerprint density at radius 1 is 1.26 bits per heavy atom. The zero-order chi connectivity index (χ0) is 19.0. The van der Waals surface area contributed by atoms with Gasteiger partial charge in [-0.15, -0.1) is 0 Å². The standard InChI is InChI=1S/C19H22N6O2/c1-12-9-21-19(22-10-12)25-7-4-13(5-8-25)23-17(26)15-11-24(2)18(27)16-14(15)3-6-20-16/h3,6,9-11,13,20H,4-5,7-8H2,1-2H3,(H,23,26). The first-order chi connectivity index (χ1) is 13.0. The van der Waals surface area contributed by atoms with Crippen LogP contribution in [0.2, 0.25) is 0 Å². The second-order valence-electron chi connectivity index (χ2n) is 7.02. The molecule has 8 heteroatoms. The predicted molar refractivity (Wildman–Crippen MR) is 103 cm³/mol.